The van der Waals surface area contributed by atoms with Crippen LogP contribution in [-0.4, -0.2) is 107 Å². The lowest BCUT2D eigenvalue weighted by Crippen LogP contribution is -2.56. The summed E-state index contributed by atoms with van der Waals surface area (Å²) in [6.07, 6.45) is 3.84. The van der Waals surface area contributed by atoms with E-state index in [0.717, 1.165) is 32.2 Å². The van der Waals surface area contributed by atoms with Crippen LogP contribution < -0.4 is 14.4 Å². The molecule has 4 saturated heterocycles. The molecule has 276 valence electrons. The molecule has 2 bridgehead atoms. The maximum Gasteiger partial charge on any atom is 0.410 e. The van der Waals surface area contributed by atoms with Gasteiger partial charge in [-0.25, -0.2) is 18.0 Å². The third kappa shape index (κ3) is 6.23. The minimum Gasteiger partial charge on any atom is -0.468 e. The molecular weight excluding hydrogens is 677 g/mol. The second-order valence-corrected chi connectivity index (χ2v) is 15.4. The SMILES string of the molecule is COCOc1cc(-c2ncc3c(N4[C@@H]5CC[C@H]4CN(C(=O)OC(C)(C)C)C5)nc(OC[C@@]45CCCN4C[C@H](F)C5)nc3c2F)c2c(F)cccc2c1. The number of aromatic nitrogens is 3. The molecule has 8 rings (SSSR count). The van der Waals surface area contributed by atoms with Gasteiger partial charge in [0.05, 0.1) is 10.9 Å². The number of piperazine rings is 1. The van der Waals surface area contributed by atoms with E-state index >= 15 is 8.78 Å². The average molecular weight is 721 g/mol. The second kappa shape index (κ2) is 13.2. The number of carbonyl (C=O) groups excluding carboxylic acids is 1. The molecule has 1 amide bonds. The third-order valence-corrected chi connectivity index (χ3v) is 10.8. The Balaban J connectivity index is 1.23. The predicted octanol–water partition coefficient (Wildman–Crippen LogP) is 6.65. The van der Waals surface area contributed by atoms with E-state index < -0.39 is 28.9 Å². The van der Waals surface area contributed by atoms with Gasteiger partial charge in [0.15, 0.2) is 12.6 Å². The van der Waals surface area contributed by atoms with Crippen molar-refractivity contribution in [3.63, 3.8) is 0 Å². The van der Waals surface area contributed by atoms with Crippen molar-refractivity contribution < 1.29 is 36.9 Å². The van der Waals surface area contributed by atoms with Gasteiger partial charge in [-0.1, -0.05) is 12.1 Å². The number of benzene rings is 2. The monoisotopic (exact) mass is 720 g/mol. The number of amides is 1. The van der Waals surface area contributed by atoms with Gasteiger partial charge in [0.2, 0.25) is 0 Å². The molecule has 4 aliphatic heterocycles. The number of methoxy groups -OCH3 is 1. The molecule has 0 spiro atoms. The van der Waals surface area contributed by atoms with Gasteiger partial charge >= 0.3 is 12.1 Å². The van der Waals surface area contributed by atoms with E-state index in [1.807, 2.05) is 20.8 Å². The number of hydrogen-bond donors (Lipinski definition) is 0. The van der Waals surface area contributed by atoms with Crippen LogP contribution in [0.5, 0.6) is 11.8 Å². The van der Waals surface area contributed by atoms with Crippen molar-refractivity contribution in [3.8, 4) is 23.0 Å². The number of pyridine rings is 1. The van der Waals surface area contributed by atoms with Gasteiger partial charge in [-0.15, -0.1) is 0 Å². The molecule has 4 atom stereocenters. The Hall–Kier alpha value is -4.43. The number of halogens is 3. The molecule has 0 N–H and O–H groups in total. The highest BCUT2D eigenvalue weighted by molar-refractivity contribution is 6.00. The highest BCUT2D eigenvalue weighted by Gasteiger charge is 2.50. The zero-order chi connectivity index (χ0) is 36.4. The standard InChI is InChI=1S/C38H43F3N6O5/c1-37(2,3)52-36(48)45-18-24-9-10-25(19-45)47(24)34-28-16-42-32(27-14-26(51-21-49-4)13-22-7-5-8-29(40)30(22)27)31(41)33(28)43-35(44-34)50-20-38-11-6-12-46(38)17-23(39)15-38/h5,7-8,13-14,16,23-25H,6,9-12,15,17-21H2,1-4H3/t23-,24-,25+,38+/m1/s1. The van der Waals surface area contributed by atoms with Gasteiger partial charge < -0.3 is 28.7 Å². The fraction of sp³-hybridized carbons (Fsp3) is 0.526. The molecule has 0 saturated carbocycles. The predicted molar refractivity (Wildman–Crippen MR) is 188 cm³/mol. The van der Waals surface area contributed by atoms with Gasteiger partial charge in [-0.3, -0.25) is 9.88 Å². The van der Waals surface area contributed by atoms with E-state index in [0.29, 0.717) is 48.4 Å². The Morgan fingerprint density at radius 2 is 1.85 bits per heavy atom. The van der Waals surface area contributed by atoms with E-state index in [2.05, 4.69) is 19.8 Å². The van der Waals surface area contributed by atoms with Crippen molar-refractivity contribution in [2.24, 2.45) is 0 Å². The zero-order valence-corrected chi connectivity index (χ0v) is 29.8. The Bertz CT molecular complexity index is 2020. The van der Waals surface area contributed by atoms with E-state index in [4.69, 9.17) is 23.9 Å². The fourth-order valence-electron chi connectivity index (χ4n) is 8.59. The first-order valence-electron chi connectivity index (χ1n) is 17.9. The summed E-state index contributed by atoms with van der Waals surface area (Å²) >= 11 is 0. The number of nitrogens with zero attached hydrogens (tertiary/aromatic N) is 6. The van der Waals surface area contributed by atoms with Crippen LogP contribution in [0.4, 0.5) is 23.8 Å². The first-order chi connectivity index (χ1) is 24.9. The molecule has 0 radical (unpaired) electrons. The summed E-state index contributed by atoms with van der Waals surface area (Å²) < 4.78 is 70.0. The van der Waals surface area contributed by atoms with Gasteiger partial charge in [0.25, 0.3) is 0 Å². The van der Waals surface area contributed by atoms with Crippen molar-refractivity contribution in [2.45, 2.75) is 82.3 Å². The lowest BCUT2D eigenvalue weighted by atomic mass is 9.95. The normalized spacial score (nSPS) is 24.6. The van der Waals surface area contributed by atoms with E-state index in [-0.39, 0.29) is 59.7 Å². The molecule has 0 aliphatic carbocycles. The highest BCUT2D eigenvalue weighted by atomic mass is 19.1. The Morgan fingerprint density at radius 1 is 1.06 bits per heavy atom. The number of rotatable bonds is 8. The fourth-order valence-corrected chi connectivity index (χ4v) is 8.59. The van der Waals surface area contributed by atoms with Gasteiger partial charge in [0, 0.05) is 62.4 Å². The first kappa shape index (κ1) is 34.6. The Labute approximate surface area is 300 Å². The van der Waals surface area contributed by atoms with Crippen molar-refractivity contribution >= 4 is 33.6 Å². The summed E-state index contributed by atoms with van der Waals surface area (Å²) in [6.45, 7) is 7.56. The summed E-state index contributed by atoms with van der Waals surface area (Å²) in [7, 11) is 1.49. The molecule has 2 aromatic carbocycles. The smallest absolute Gasteiger partial charge is 0.410 e. The van der Waals surface area contributed by atoms with Crippen molar-refractivity contribution in [3.05, 3.63) is 48.2 Å². The summed E-state index contributed by atoms with van der Waals surface area (Å²) in [5.41, 5.74) is -1.08. The maximum absolute atomic E-state index is 17.1. The summed E-state index contributed by atoms with van der Waals surface area (Å²) in [4.78, 5) is 33.2. The number of ether oxygens (including phenoxy) is 4. The topological polar surface area (TPSA) is 102 Å². The molecule has 11 nitrogen and oxygen atoms in total. The minimum atomic E-state index is -0.946. The van der Waals surface area contributed by atoms with Crippen LogP contribution >= 0.6 is 0 Å². The van der Waals surface area contributed by atoms with Crippen molar-refractivity contribution in [1.29, 1.82) is 0 Å². The first-order valence-corrected chi connectivity index (χ1v) is 17.9. The molecule has 4 aromatic rings. The van der Waals surface area contributed by atoms with Crippen molar-refractivity contribution in [2.75, 3.05) is 51.6 Å². The van der Waals surface area contributed by atoms with E-state index in [1.165, 1.54) is 19.4 Å². The maximum atomic E-state index is 17.1. The quantitative estimate of drug-likeness (QED) is 0.184. The Kier molecular flexibility index (Phi) is 8.80. The lowest BCUT2D eigenvalue weighted by Gasteiger charge is -2.42. The van der Waals surface area contributed by atoms with Crippen LogP contribution in [0.2, 0.25) is 0 Å². The van der Waals surface area contributed by atoms with Gasteiger partial charge in [-0.05, 0) is 76.6 Å². The summed E-state index contributed by atoms with van der Waals surface area (Å²) in [5.74, 6) is -0.518. The highest BCUT2D eigenvalue weighted by Crippen LogP contribution is 2.43. The zero-order valence-electron chi connectivity index (χ0n) is 29.8. The largest absolute Gasteiger partial charge is 0.468 e. The van der Waals surface area contributed by atoms with Gasteiger partial charge in [0.1, 0.15) is 47.0 Å². The molecular formula is C38H43F3N6O5. The Morgan fingerprint density at radius 3 is 2.60 bits per heavy atom. The summed E-state index contributed by atoms with van der Waals surface area (Å²) in [6, 6.07) is 7.52. The number of carbonyl (C=O) groups is 1. The number of fused-ring (bicyclic) bond motifs is 5. The summed E-state index contributed by atoms with van der Waals surface area (Å²) in [5, 5.41) is 1.04. The molecule has 52 heavy (non-hydrogen) atoms. The average Bonchev–Trinajstić information content (AvgIpc) is 3.71. The van der Waals surface area contributed by atoms with Crippen LogP contribution in [-0.2, 0) is 9.47 Å². The van der Waals surface area contributed by atoms with Crippen molar-refractivity contribution in [1.82, 2.24) is 24.8 Å². The van der Waals surface area contributed by atoms with E-state index in [9.17, 15) is 9.18 Å². The van der Waals surface area contributed by atoms with Gasteiger partial charge in [-0.2, -0.15) is 9.97 Å². The molecule has 0 unspecified atom stereocenters. The molecule has 4 aliphatic rings. The number of alkyl halides is 1. The molecule has 2 aromatic heterocycles. The van der Waals surface area contributed by atoms with Crippen LogP contribution in [0.1, 0.15) is 52.9 Å². The molecule has 6 heterocycles. The number of hydrogen-bond acceptors (Lipinski definition) is 10. The van der Waals surface area contributed by atoms with Crippen LogP contribution in [0.3, 0.4) is 0 Å². The minimum absolute atomic E-state index is 0.0377. The van der Waals surface area contributed by atoms with E-state index in [1.54, 1.807) is 29.2 Å². The third-order valence-electron chi connectivity index (χ3n) is 10.8. The number of anilines is 1. The second-order valence-electron chi connectivity index (χ2n) is 15.4. The van der Waals surface area contributed by atoms with Crippen LogP contribution in [0, 0.1) is 11.6 Å². The molecule has 14 heteroatoms. The number of likely N-dealkylation sites (tertiary alicyclic amines) is 1. The van der Waals surface area contributed by atoms with Crippen LogP contribution in [0.25, 0.3) is 32.9 Å². The lowest BCUT2D eigenvalue weighted by molar-refractivity contribution is 0.0209. The van der Waals surface area contributed by atoms with Crippen LogP contribution in [0.15, 0.2) is 36.5 Å². The molecule has 4 fully saturated rings.